The van der Waals surface area contributed by atoms with Gasteiger partial charge in [0.2, 0.25) is 0 Å². The third-order valence-electron chi connectivity index (χ3n) is 10.8. The molecule has 0 amide bonds. The monoisotopic (exact) mass is 719 g/mol. The molecule has 0 spiro atoms. The molecule has 0 aliphatic rings. The quantitative estimate of drug-likeness (QED) is 0.170. The fourth-order valence-corrected chi connectivity index (χ4v) is 9.45. The first kappa shape index (κ1) is 31.6. The average Bonchev–Trinajstić information content (AvgIpc) is 3.84. The fraction of sp³-hybridized carbons (Fsp3) is 0. The molecule has 0 aliphatic carbocycles. The Morgan fingerprint density at radius 2 is 1.04 bits per heavy atom. The molecular weight excluding hydrogens is 687 g/mol. The van der Waals surface area contributed by atoms with Gasteiger partial charge in [0.05, 0.1) is 11.4 Å². The van der Waals surface area contributed by atoms with Crippen LogP contribution in [0.3, 0.4) is 0 Å². The number of nitrogens with zero attached hydrogens (tertiary/aromatic N) is 1. The van der Waals surface area contributed by atoms with Crippen LogP contribution < -0.4 is 4.90 Å². The van der Waals surface area contributed by atoms with Gasteiger partial charge in [0.15, 0.2) is 0 Å². The second-order valence-electron chi connectivity index (χ2n) is 14.0. The zero-order valence-corrected chi connectivity index (χ0v) is 30.6. The Kier molecular flexibility index (Phi) is 7.39. The van der Waals surface area contributed by atoms with Crippen LogP contribution in [-0.2, 0) is 0 Å². The summed E-state index contributed by atoms with van der Waals surface area (Å²) in [6.45, 7) is 0. The summed E-state index contributed by atoms with van der Waals surface area (Å²) in [4.78, 5) is 2.45. The molecule has 0 atom stereocenters. The molecule has 2 aromatic heterocycles. The number of thiophene rings is 1. The van der Waals surface area contributed by atoms with Gasteiger partial charge in [0, 0.05) is 53.8 Å². The lowest BCUT2D eigenvalue weighted by atomic mass is 9.95. The van der Waals surface area contributed by atoms with Gasteiger partial charge in [0.25, 0.3) is 0 Å². The van der Waals surface area contributed by atoms with Crippen molar-refractivity contribution >= 4 is 81.3 Å². The Hall–Kier alpha value is -6.94. The molecule has 11 aromatic rings. The summed E-state index contributed by atoms with van der Waals surface area (Å²) in [6, 6.07) is 72.1. The summed E-state index contributed by atoms with van der Waals surface area (Å²) in [7, 11) is 0. The standard InChI is InChI=1S/C52H33NOS/c1-4-15-34(16-5-1)37-27-30-45(43(31-37)35-17-6-2-7-18-35)53(46-24-14-26-49-51(46)42-23-12-13-25-48(42)55-49)39-28-29-41-47(33-39)54-52-44(36-19-8-3-9-20-36)32-38-21-10-11-22-40(38)50(41)52/h1-33H. The minimum atomic E-state index is 0.857. The number of anilines is 3. The van der Waals surface area contributed by atoms with E-state index in [1.807, 2.05) is 11.3 Å². The van der Waals surface area contributed by atoms with Gasteiger partial charge in [-0.25, -0.2) is 0 Å². The number of fused-ring (bicyclic) bond motifs is 8. The third-order valence-corrected chi connectivity index (χ3v) is 12.0. The Bertz CT molecular complexity index is 3200. The maximum atomic E-state index is 7.02. The molecule has 9 aromatic carbocycles. The summed E-state index contributed by atoms with van der Waals surface area (Å²) >= 11 is 1.84. The van der Waals surface area contributed by atoms with Crippen molar-refractivity contribution in [2.75, 3.05) is 4.90 Å². The topological polar surface area (TPSA) is 16.4 Å². The van der Waals surface area contributed by atoms with Crippen molar-refractivity contribution in [1.29, 1.82) is 0 Å². The van der Waals surface area contributed by atoms with E-state index in [-0.39, 0.29) is 0 Å². The van der Waals surface area contributed by atoms with Gasteiger partial charge in [0.1, 0.15) is 11.2 Å². The molecule has 0 saturated carbocycles. The highest BCUT2D eigenvalue weighted by atomic mass is 32.1. The minimum Gasteiger partial charge on any atom is -0.455 e. The van der Waals surface area contributed by atoms with Gasteiger partial charge >= 0.3 is 0 Å². The van der Waals surface area contributed by atoms with Crippen LogP contribution in [0.2, 0.25) is 0 Å². The zero-order valence-electron chi connectivity index (χ0n) is 29.8. The van der Waals surface area contributed by atoms with Crippen molar-refractivity contribution in [2.45, 2.75) is 0 Å². The van der Waals surface area contributed by atoms with E-state index in [2.05, 4.69) is 205 Å². The number of hydrogen-bond donors (Lipinski definition) is 0. The Balaban J connectivity index is 1.22. The SMILES string of the molecule is c1ccc(-c2ccc(N(c3ccc4c(c3)oc3c(-c5ccccc5)cc5ccccc5c34)c3cccc4sc5ccccc5c34)c(-c3ccccc3)c2)cc1. The number of rotatable bonds is 6. The van der Waals surface area contributed by atoms with E-state index >= 15 is 0 Å². The molecule has 258 valence electrons. The van der Waals surface area contributed by atoms with Gasteiger partial charge in [-0.15, -0.1) is 11.3 Å². The number of hydrogen-bond acceptors (Lipinski definition) is 3. The second kappa shape index (κ2) is 12.9. The van der Waals surface area contributed by atoms with E-state index in [0.717, 1.165) is 61.3 Å². The highest BCUT2D eigenvalue weighted by Crippen LogP contribution is 2.49. The van der Waals surface area contributed by atoms with Crippen LogP contribution in [0.5, 0.6) is 0 Å². The zero-order chi connectivity index (χ0) is 36.3. The van der Waals surface area contributed by atoms with Crippen LogP contribution in [0.25, 0.3) is 86.3 Å². The summed E-state index contributed by atoms with van der Waals surface area (Å²) < 4.78 is 9.56. The van der Waals surface area contributed by atoms with Gasteiger partial charge in [-0.2, -0.15) is 0 Å². The first-order valence-electron chi connectivity index (χ1n) is 18.7. The summed E-state index contributed by atoms with van der Waals surface area (Å²) in [5, 5.41) is 7.15. The first-order chi connectivity index (χ1) is 27.3. The van der Waals surface area contributed by atoms with Gasteiger partial charge < -0.3 is 9.32 Å². The first-order valence-corrected chi connectivity index (χ1v) is 19.5. The third kappa shape index (κ3) is 5.24. The number of benzene rings is 9. The molecule has 0 fully saturated rings. The lowest BCUT2D eigenvalue weighted by Gasteiger charge is -2.29. The van der Waals surface area contributed by atoms with Crippen LogP contribution in [0.4, 0.5) is 17.1 Å². The van der Waals surface area contributed by atoms with Crippen LogP contribution in [0, 0.1) is 0 Å². The minimum absolute atomic E-state index is 0.857. The highest BCUT2D eigenvalue weighted by molar-refractivity contribution is 7.26. The highest BCUT2D eigenvalue weighted by Gasteiger charge is 2.24. The average molecular weight is 720 g/mol. The van der Waals surface area contributed by atoms with E-state index in [4.69, 9.17) is 4.42 Å². The summed E-state index contributed by atoms with van der Waals surface area (Å²) in [5.74, 6) is 0. The largest absolute Gasteiger partial charge is 0.455 e. The molecule has 3 heteroatoms. The lowest BCUT2D eigenvalue weighted by Crippen LogP contribution is -2.11. The normalized spacial score (nSPS) is 11.6. The molecule has 0 bridgehead atoms. The lowest BCUT2D eigenvalue weighted by molar-refractivity contribution is 0.670. The van der Waals surface area contributed by atoms with Crippen LogP contribution in [0.1, 0.15) is 0 Å². The molecule has 0 saturated heterocycles. The maximum Gasteiger partial charge on any atom is 0.143 e. The van der Waals surface area contributed by atoms with Crippen molar-refractivity contribution < 1.29 is 4.42 Å². The van der Waals surface area contributed by atoms with E-state index in [9.17, 15) is 0 Å². The van der Waals surface area contributed by atoms with Gasteiger partial charge in [-0.1, -0.05) is 146 Å². The van der Waals surface area contributed by atoms with Gasteiger partial charge in [-0.05, 0) is 81.6 Å². The smallest absolute Gasteiger partial charge is 0.143 e. The van der Waals surface area contributed by atoms with Crippen molar-refractivity contribution in [1.82, 2.24) is 0 Å². The van der Waals surface area contributed by atoms with E-state index < -0.39 is 0 Å². The molecule has 0 unspecified atom stereocenters. The van der Waals surface area contributed by atoms with Gasteiger partial charge in [-0.3, -0.25) is 0 Å². The Morgan fingerprint density at radius 3 is 1.82 bits per heavy atom. The summed E-state index contributed by atoms with van der Waals surface area (Å²) in [6.07, 6.45) is 0. The molecule has 2 heterocycles. The van der Waals surface area contributed by atoms with Crippen LogP contribution in [-0.4, -0.2) is 0 Å². The van der Waals surface area contributed by atoms with E-state index in [1.54, 1.807) is 0 Å². The van der Waals surface area contributed by atoms with E-state index in [0.29, 0.717) is 0 Å². The van der Waals surface area contributed by atoms with Crippen LogP contribution >= 0.6 is 11.3 Å². The molecule has 0 N–H and O–H groups in total. The van der Waals surface area contributed by atoms with Crippen molar-refractivity contribution in [3.8, 4) is 33.4 Å². The molecule has 0 aliphatic heterocycles. The number of furan rings is 1. The van der Waals surface area contributed by atoms with Crippen molar-refractivity contribution in [3.63, 3.8) is 0 Å². The molecule has 11 rings (SSSR count). The van der Waals surface area contributed by atoms with Crippen molar-refractivity contribution in [3.05, 3.63) is 200 Å². The predicted molar refractivity (Wildman–Crippen MR) is 235 cm³/mol. The molecule has 2 nitrogen and oxygen atoms in total. The van der Waals surface area contributed by atoms with E-state index in [1.165, 1.54) is 42.1 Å². The maximum absolute atomic E-state index is 7.02. The second-order valence-corrected chi connectivity index (χ2v) is 15.1. The molecular formula is C52H33NOS. The fourth-order valence-electron chi connectivity index (χ4n) is 8.33. The Labute approximate surface area is 322 Å². The molecule has 55 heavy (non-hydrogen) atoms. The Morgan fingerprint density at radius 1 is 0.382 bits per heavy atom. The summed E-state index contributed by atoms with van der Waals surface area (Å²) in [5.41, 5.74) is 11.9. The van der Waals surface area contributed by atoms with Crippen LogP contribution in [0.15, 0.2) is 205 Å². The molecule has 0 radical (unpaired) electrons. The predicted octanol–water partition coefficient (Wildman–Crippen LogP) is 15.6. The van der Waals surface area contributed by atoms with Crippen molar-refractivity contribution in [2.24, 2.45) is 0 Å².